The molecule has 0 radical (unpaired) electrons. The summed E-state index contributed by atoms with van der Waals surface area (Å²) in [7, 11) is 0. The fraction of sp³-hybridized carbons (Fsp3) is 0.833. The molecular weight excluding hydrogens is 165 g/mol. The average molecular weight is 189 g/mol. The number of rotatable bonds is 9. The van der Waals surface area contributed by atoms with Crippen LogP contribution in [0.4, 0.5) is 0 Å². The van der Waals surface area contributed by atoms with Crippen molar-refractivity contribution in [1.82, 2.24) is 0 Å². The molecule has 0 rings (SSSR count). The Morgan fingerprint density at radius 1 is 1.07 bits per heavy atom. The zero-order chi connectivity index (χ0) is 9.78. The molecule has 0 atom stereocenters. The van der Waals surface area contributed by atoms with Crippen LogP contribution >= 0.6 is 0 Å². The normalized spacial score (nSPS) is 10.4. The van der Waals surface area contributed by atoms with Crippen molar-refractivity contribution in [3.63, 3.8) is 0 Å². The Balaban J connectivity index is 0. The van der Waals surface area contributed by atoms with E-state index in [1.807, 2.05) is 0 Å². The Labute approximate surface area is 102 Å². The molecule has 0 aromatic rings. The van der Waals surface area contributed by atoms with Crippen molar-refractivity contribution in [3.05, 3.63) is 6.92 Å². The van der Waals surface area contributed by atoms with Crippen molar-refractivity contribution >= 4 is 6.21 Å². The van der Waals surface area contributed by atoms with Crippen molar-refractivity contribution in [2.24, 2.45) is 4.99 Å². The summed E-state index contributed by atoms with van der Waals surface area (Å²) in [5.74, 6) is 0. The van der Waals surface area contributed by atoms with Crippen molar-refractivity contribution in [1.29, 1.82) is 0 Å². The minimum atomic E-state index is 0. The maximum atomic E-state index is 4.37. The number of aliphatic imine (C=N–C) groups is 1. The largest absolute Gasteiger partial charge is 1.00 e. The summed E-state index contributed by atoms with van der Waals surface area (Å²) in [6.07, 6.45) is 12.1. The quantitative estimate of drug-likeness (QED) is 0.222. The summed E-state index contributed by atoms with van der Waals surface area (Å²) in [6.45, 7) is 7.08. The minimum Gasteiger partial charge on any atom is -0.343 e. The Kier molecular flexibility index (Phi) is 18.7. The summed E-state index contributed by atoms with van der Waals surface area (Å²) in [4.78, 5) is 4.37. The summed E-state index contributed by atoms with van der Waals surface area (Å²) in [5.41, 5.74) is 0. The molecule has 0 bridgehead atoms. The molecular formula is C12H24LiN. The molecule has 0 spiro atoms. The van der Waals surface area contributed by atoms with Crippen LogP contribution in [-0.2, 0) is 0 Å². The smallest absolute Gasteiger partial charge is 0.343 e. The van der Waals surface area contributed by atoms with Gasteiger partial charge in [-0.25, -0.2) is 0 Å². The van der Waals surface area contributed by atoms with E-state index in [9.17, 15) is 0 Å². The van der Waals surface area contributed by atoms with Crippen LogP contribution in [0.1, 0.15) is 58.3 Å². The molecule has 0 unspecified atom stereocenters. The molecule has 0 fully saturated rings. The first-order valence-electron chi connectivity index (χ1n) is 5.69. The molecule has 0 aromatic heterocycles. The molecule has 0 amide bonds. The molecule has 0 saturated heterocycles. The average Bonchev–Trinajstić information content (AvgIpc) is 2.16. The van der Waals surface area contributed by atoms with E-state index in [-0.39, 0.29) is 18.9 Å². The second-order valence-corrected chi connectivity index (χ2v) is 3.50. The van der Waals surface area contributed by atoms with Gasteiger partial charge in [0, 0.05) is 6.54 Å². The molecule has 2 heteroatoms. The Morgan fingerprint density at radius 3 is 2.50 bits per heavy atom. The predicted octanol–water partition coefficient (Wildman–Crippen LogP) is 1.04. The van der Waals surface area contributed by atoms with E-state index in [0.717, 1.165) is 19.4 Å². The van der Waals surface area contributed by atoms with Gasteiger partial charge in [0.25, 0.3) is 0 Å². The third-order valence-electron chi connectivity index (χ3n) is 2.10. The van der Waals surface area contributed by atoms with Gasteiger partial charge >= 0.3 is 18.9 Å². The van der Waals surface area contributed by atoms with Gasteiger partial charge in [0.2, 0.25) is 0 Å². The summed E-state index contributed by atoms with van der Waals surface area (Å²) >= 11 is 0. The number of hydrogen-bond acceptors (Lipinski definition) is 1. The molecule has 14 heavy (non-hydrogen) atoms. The standard InChI is InChI=1S/C12H24N.Li/c1-3-5-7-9-11-13-12-10-8-6-4-2;/h11H,1,3-10,12H2,2H3;/q-1;+1. The third kappa shape index (κ3) is 14.8. The van der Waals surface area contributed by atoms with Gasteiger partial charge in [-0.1, -0.05) is 39.0 Å². The number of unbranched alkanes of at least 4 members (excludes halogenated alkanes) is 6. The van der Waals surface area contributed by atoms with Crippen LogP contribution < -0.4 is 18.9 Å². The van der Waals surface area contributed by atoms with Crippen LogP contribution in [0.15, 0.2) is 4.99 Å². The first-order valence-corrected chi connectivity index (χ1v) is 5.69. The molecule has 0 heterocycles. The second-order valence-electron chi connectivity index (χ2n) is 3.50. The van der Waals surface area contributed by atoms with Crippen molar-refractivity contribution < 1.29 is 18.9 Å². The van der Waals surface area contributed by atoms with Gasteiger partial charge in [-0.15, -0.1) is 0 Å². The van der Waals surface area contributed by atoms with Crippen LogP contribution in [0.3, 0.4) is 0 Å². The first kappa shape index (κ1) is 16.7. The van der Waals surface area contributed by atoms with E-state index < -0.39 is 0 Å². The summed E-state index contributed by atoms with van der Waals surface area (Å²) in [5, 5.41) is 0. The molecule has 0 aliphatic carbocycles. The van der Waals surface area contributed by atoms with E-state index in [2.05, 4.69) is 25.1 Å². The Hall–Kier alpha value is 0.267. The minimum absolute atomic E-state index is 0. The zero-order valence-electron chi connectivity index (χ0n) is 10.1. The Bertz CT molecular complexity index is 113. The van der Waals surface area contributed by atoms with Gasteiger partial charge in [0.05, 0.1) is 0 Å². The SMILES string of the molecule is [CH2-]CCCCC=NCCCCCC.[Li+]. The van der Waals surface area contributed by atoms with E-state index >= 15 is 0 Å². The fourth-order valence-electron chi connectivity index (χ4n) is 1.22. The van der Waals surface area contributed by atoms with Crippen LogP contribution in [0.25, 0.3) is 0 Å². The molecule has 1 nitrogen and oxygen atoms in total. The van der Waals surface area contributed by atoms with E-state index in [4.69, 9.17) is 0 Å². The fourth-order valence-corrected chi connectivity index (χ4v) is 1.22. The van der Waals surface area contributed by atoms with Gasteiger partial charge in [-0.05, 0) is 19.1 Å². The van der Waals surface area contributed by atoms with Crippen molar-refractivity contribution in [2.75, 3.05) is 6.54 Å². The summed E-state index contributed by atoms with van der Waals surface area (Å²) < 4.78 is 0. The molecule has 0 N–H and O–H groups in total. The Morgan fingerprint density at radius 2 is 1.86 bits per heavy atom. The monoisotopic (exact) mass is 189 g/mol. The first-order chi connectivity index (χ1) is 6.41. The molecule has 0 saturated carbocycles. The zero-order valence-corrected chi connectivity index (χ0v) is 10.1. The van der Waals surface area contributed by atoms with Crippen molar-refractivity contribution in [3.8, 4) is 0 Å². The maximum absolute atomic E-state index is 4.37. The van der Waals surface area contributed by atoms with Gasteiger partial charge < -0.3 is 6.92 Å². The third-order valence-corrected chi connectivity index (χ3v) is 2.10. The maximum Gasteiger partial charge on any atom is 1.00 e. The topological polar surface area (TPSA) is 12.4 Å². The summed E-state index contributed by atoms with van der Waals surface area (Å²) in [6, 6.07) is 0. The van der Waals surface area contributed by atoms with E-state index in [0.29, 0.717) is 0 Å². The number of nitrogens with zero attached hydrogens (tertiary/aromatic N) is 1. The van der Waals surface area contributed by atoms with Gasteiger partial charge in [-0.3, -0.25) is 4.99 Å². The molecule has 0 aliphatic rings. The molecule has 78 valence electrons. The van der Waals surface area contributed by atoms with Gasteiger partial charge in [-0.2, -0.15) is 6.42 Å². The van der Waals surface area contributed by atoms with Crippen LogP contribution in [-0.4, -0.2) is 12.8 Å². The van der Waals surface area contributed by atoms with E-state index in [1.54, 1.807) is 0 Å². The van der Waals surface area contributed by atoms with Crippen LogP contribution in [0, 0.1) is 6.92 Å². The molecule has 0 aromatic carbocycles. The van der Waals surface area contributed by atoms with Crippen LogP contribution in [0.2, 0.25) is 0 Å². The predicted molar refractivity (Wildman–Crippen MR) is 61.3 cm³/mol. The second kappa shape index (κ2) is 15.7. The molecule has 0 aliphatic heterocycles. The van der Waals surface area contributed by atoms with Gasteiger partial charge in [0.1, 0.15) is 0 Å². The van der Waals surface area contributed by atoms with E-state index in [1.165, 1.54) is 38.5 Å². The number of hydrogen-bond donors (Lipinski definition) is 0. The van der Waals surface area contributed by atoms with Gasteiger partial charge in [0.15, 0.2) is 0 Å². The van der Waals surface area contributed by atoms with Crippen molar-refractivity contribution in [2.45, 2.75) is 58.3 Å². The van der Waals surface area contributed by atoms with Crippen LogP contribution in [0.5, 0.6) is 0 Å².